The minimum absolute atomic E-state index is 0.185. The second kappa shape index (κ2) is 4.37. The lowest BCUT2D eigenvalue weighted by molar-refractivity contribution is -0.121. The van der Waals surface area contributed by atoms with Gasteiger partial charge in [0, 0.05) is 12.5 Å². The van der Waals surface area contributed by atoms with Crippen molar-refractivity contribution >= 4 is 5.91 Å². The lowest BCUT2D eigenvalue weighted by Gasteiger charge is -2.22. The molecule has 1 amide bonds. The van der Waals surface area contributed by atoms with E-state index < -0.39 is 0 Å². The predicted molar refractivity (Wildman–Crippen MR) is 45.0 cm³/mol. The van der Waals surface area contributed by atoms with E-state index in [1.165, 1.54) is 12.8 Å². The third kappa shape index (κ3) is 2.91. The van der Waals surface area contributed by atoms with E-state index >= 15 is 0 Å². The number of amides is 1. The number of rotatable bonds is 2. The molecule has 2 heteroatoms. The minimum Gasteiger partial charge on any atom is -0.353 e. The van der Waals surface area contributed by atoms with Crippen molar-refractivity contribution in [2.75, 3.05) is 0 Å². The normalized spacial score (nSPS) is 19.7. The standard InChI is InChI=1S/C9H16NO/c1-2-9(11)10-8-6-4-3-5-7-8/h4,8H,2-3,5-7H2,1H3,(H,10,11). The molecule has 1 rings (SSSR count). The Morgan fingerprint density at radius 2 is 2.55 bits per heavy atom. The van der Waals surface area contributed by atoms with Crippen LogP contribution in [0, 0.1) is 6.42 Å². The fourth-order valence-electron chi connectivity index (χ4n) is 1.41. The number of carbonyl (C=O) groups is 1. The van der Waals surface area contributed by atoms with Crippen molar-refractivity contribution in [3.63, 3.8) is 0 Å². The number of hydrogen-bond donors (Lipinski definition) is 1. The largest absolute Gasteiger partial charge is 0.353 e. The van der Waals surface area contributed by atoms with Crippen LogP contribution in [0.5, 0.6) is 0 Å². The highest BCUT2D eigenvalue weighted by Gasteiger charge is 2.14. The van der Waals surface area contributed by atoms with Gasteiger partial charge in [-0.2, -0.15) is 0 Å². The van der Waals surface area contributed by atoms with Crippen LogP contribution in [-0.4, -0.2) is 11.9 Å². The first-order valence-corrected chi connectivity index (χ1v) is 4.44. The molecule has 0 aliphatic heterocycles. The molecule has 1 unspecified atom stereocenters. The van der Waals surface area contributed by atoms with Crippen LogP contribution in [-0.2, 0) is 4.79 Å². The van der Waals surface area contributed by atoms with Crippen molar-refractivity contribution in [2.45, 2.75) is 45.1 Å². The zero-order valence-electron chi connectivity index (χ0n) is 7.10. The molecule has 0 aromatic rings. The molecule has 1 N–H and O–H groups in total. The van der Waals surface area contributed by atoms with E-state index in [0.29, 0.717) is 12.5 Å². The quantitative estimate of drug-likeness (QED) is 0.644. The summed E-state index contributed by atoms with van der Waals surface area (Å²) in [5.41, 5.74) is 0. The van der Waals surface area contributed by atoms with Crippen molar-refractivity contribution in [1.29, 1.82) is 0 Å². The van der Waals surface area contributed by atoms with E-state index in [9.17, 15) is 4.79 Å². The van der Waals surface area contributed by atoms with Crippen LogP contribution >= 0.6 is 0 Å². The van der Waals surface area contributed by atoms with Crippen LogP contribution in [0.15, 0.2) is 0 Å². The molecule has 0 aromatic heterocycles. The van der Waals surface area contributed by atoms with Crippen LogP contribution in [0.2, 0.25) is 0 Å². The third-order valence-electron chi connectivity index (χ3n) is 2.10. The third-order valence-corrected chi connectivity index (χ3v) is 2.10. The van der Waals surface area contributed by atoms with Crippen LogP contribution in [0.1, 0.15) is 39.0 Å². The Labute approximate surface area is 68.4 Å². The average molecular weight is 154 g/mol. The van der Waals surface area contributed by atoms with Gasteiger partial charge in [-0.15, -0.1) is 0 Å². The SMILES string of the molecule is CCC(=O)NC1C[CH]CCC1. The smallest absolute Gasteiger partial charge is 0.219 e. The maximum Gasteiger partial charge on any atom is 0.219 e. The molecular weight excluding hydrogens is 138 g/mol. The van der Waals surface area contributed by atoms with Gasteiger partial charge < -0.3 is 5.32 Å². The molecule has 0 bridgehead atoms. The van der Waals surface area contributed by atoms with Gasteiger partial charge in [-0.05, 0) is 19.3 Å². The van der Waals surface area contributed by atoms with Gasteiger partial charge >= 0.3 is 0 Å². The molecule has 0 saturated heterocycles. The fraction of sp³-hybridized carbons (Fsp3) is 0.778. The maximum atomic E-state index is 11.0. The molecule has 1 fully saturated rings. The van der Waals surface area contributed by atoms with Crippen molar-refractivity contribution in [1.82, 2.24) is 5.32 Å². The average Bonchev–Trinajstić information content (AvgIpc) is 2.06. The molecule has 0 spiro atoms. The second-order valence-corrected chi connectivity index (χ2v) is 3.07. The second-order valence-electron chi connectivity index (χ2n) is 3.07. The van der Waals surface area contributed by atoms with Gasteiger partial charge in [0.2, 0.25) is 5.91 Å². The molecule has 63 valence electrons. The first-order valence-electron chi connectivity index (χ1n) is 4.44. The van der Waals surface area contributed by atoms with E-state index in [4.69, 9.17) is 0 Å². The molecule has 1 radical (unpaired) electrons. The lowest BCUT2D eigenvalue weighted by atomic mass is 9.95. The van der Waals surface area contributed by atoms with Gasteiger partial charge in [-0.25, -0.2) is 0 Å². The summed E-state index contributed by atoms with van der Waals surface area (Å²) in [6.45, 7) is 1.89. The summed E-state index contributed by atoms with van der Waals surface area (Å²) >= 11 is 0. The first kappa shape index (κ1) is 8.57. The summed E-state index contributed by atoms with van der Waals surface area (Å²) in [6.07, 6.45) is 7.54. The molecule has 2 nitrogen and oxygen atoms in total. The Kier molecular flexibility index (Phi) is 3.40. The maximum absolute atomic E-state index is 11.0. The molecule has 0 heterocycles. The van der Waals surface area contributed by atoms with Crippen molar-refractivity contribution in [3.05, 3.63) is 6.42 Å². The van der Waals surface area contributed by atoms with Crippen LogP contribution < -0.4 is 5.32 Å². The van der Waals surface area contributed by atoms with Crippen molar-refractivity contribution in [3.8, 4) is 0 Å². The van der Waals surface area contributed by atoms with Gasteiger partial charge in [0.15, 0.2) is 0 Å². The Hall–Kier alpha value is -0.530. The Balaban J connectivity index is 2.19. The molecule has 1 saturated carbocycles. The zero-order valence-corrected chi connectivity index (χ0v) is 7.10. The summed E-state index contributed by atoms with van der Waals surface area (Å²) in [5, 5.41) is 3.00. The van der Waals surface area contributed by atoms with Crippen molar-refractivity contribution in [2.24, 2.45) is 0 Å². The highest BCUT2D eigenvalue weighted by Crippen LogP contribution is 2.16. The molecule has 1 atom stereocenters. The van der Waals surface area contributed by atoms with Gasteiger partial charge in [0.1, 0.15) is 0 Å². The van der Waals surface area contributed by atoms with E-state index in [1.54, 1.807) is 0 Å². The van der Waals surface area contributed by atoms with Crippen LogP contribution in [0.4, 0.5) is 0 Å². The number of hydrogen-bond acceptors (Lipinski definition) is 1. The van der Waals surface area contributed by atoms with Crippen LogP contribution in [0.25, 0.3) is 0 Å². The Bertz CT molecular complexity index is 128. The minimum atomic E-state index is 0.185. The molecule has 0 aromatic carbocycles. The highest BCUT2D eigenvalue weighted by atomic mass is 16.1. The Morgan fingerprint density at radius 3 is 3.09 bits per heavy atom. The van der Waals surface area contributed by atoms with Gasteiger partial charge in [-0.1, -0.05) is 19.8 Å². The number of nitrogens with one attached hydrogen (secondary N) is 1. The zero-order chi connectivity index (χ0) is 8.10. The summed E-state index contributed by atoms with van der Waals surface area (Å²) in [7, 11) is 0. The summed E-state index contributed by atoms with van der Waals surface area (Å²) in [5.74, 6) is 0.185. The van der Waals surface area contributed by atoms with Crippen molar-refractivity contribution < 1.29 is 4.79 Å². The van der Waals surface area contributed by atoms with Crippen LogP contribution in [0.3, 0.4) is 0 Å². The fourth-order valence-corrected chi connectivity index (χ4v) is 1.41. The van der Waals surface area contributed by atoms with Gasteiger partial charge in [-0.3, -0.25) is 4.79 Å². The van der Waals surface area contributed by atoms with E-state index in [1.807, 2.05) is 6.92 Å². The highest BCUT2D eigenvalue weighted by molar-refractivity contribution is 5.75. The number of carbonyl (C=O) groups excluding carboxylic acids is 1. The summed E-state index contributed by atoms with van der Waals surface area (Å²) in [4.78, 5) is 11.0. The van der Waals surface area contributed by atoms with Gasteiger partial charge in [0.25, 0.3) is 0 Å². The first-order chi connectivity index (χ1) is 5.33. The van der Waals surface area contributed by atoms with E-state index in [2.05, 4.69) is 11.7 Å². The summed E-state index contributed by atoms with van der Waals surface area (Å²) in [6, 6.07) is 0.427. The van der Waals surface area contributed by atoms with E-state index in [0.717, 1.165) is 12.8 Å². The monoisotopic (exact) mass is 154 g/mol. The molecule has 1 aliphatic carbocycles. The molecule has 11 heavy (non-hydrogen) atoms. The van der Waals surface area contributed by atoms with E-state index in [-0.39, 0.29) is 5.91 Å². The lowest BCUT2D eigenvalue weighted by Crippen LogP contribution is -2.35. The predicted octanol–water partition coefficient (Wildman–Crippen LogP) is 1.66. The topological polar surface area (TPSA) is 29.1 Å². The van der Waals surface area contributed by atoms with Gasteiger partial charge in [0.05, 0.1) is 0 Å². The molecular formula is C9H16NO. The Morgan fingerprint density at radius 1 is 1.73 bits per heavy atom. The summed E-state index contributed by atoms with van der Waals surface area (Å²) < 4.78 is 0. The molecule has 1 aliphatic rings.